The molecule has 15 heavy (non-hydrogen) atoms. The molecule has 0 aromatic carbocycles. The summed E-state index contributed by atoms with van der Waals surface area (Å²) in [5, 5.41) is 11.3. The van der Waals surface area contributed by atoms with Crippen LogP contribution < -0.4 is 5.32 Å². The summed E-state index contributed by atoms with van der Waals surface area (Å²) in [7, 11) is 0. The Bertz CT molecular complexity index is 244. The molecule has 6 heteroatoms. The van der Waals surface area contributed by atoms with Crippen LogP contribution in [0.1, 0.15) is 13.3 Å². The van der Waals surface area contributed by atoms with Crippen LogP contribution in [0.3, 0.4) is 0 Å². The number of rotatable bonds is 3. The van der Waals surface area contributed by atoms with Crippen LogP contribution >= 0.6 is 0 Å². The summed E-state index contributed by atoms with van der Waals surface area (Å²) >= 11 is 0. The Balaban J connectivity index is 2.41. The molecule has 1 saturated heterocycles. The lowest BCUT2D eigenvalue weighted by Gasteiger charge is -2.32. The van der Waals surface area contributed by atoms with E-state index in [2.05, 4.69) is 5.32 Å². The van der Waals surface area contributed by atoms with E-state index in [1.54, 1.807) is 4.90 Å². The van der Waals surface area contributed by atoms with E-state index in [4.69, 9.17) is 9.84 Å². The van der Waals surface area contributed by atoms with Gasteiger partial charge in [0.2, 0.25) is 0 Å². The second-order valence-corrected chi connectivity index (χ2v) is 3.37. The predicted molar refractivity (Wildman–Crippen MR) is 52.6 cm³/mol. The van der Waals surface area contributed by atoms with Gasteiger partial charge in [-0.25, -0.2) is 4.79 Å². The van der Waals surface area contributed by atoms with Crippen molar-refractivity contribution < 1.29 is 19.4 Å². The number of morpholine rings is 1. The molecule has 1 aliphatic heterocycles. The van der Waals surface area contributed by atoms with E-state index in [1.165, 1.54) is 0 Å². The van der Waals surface area contributed by atoms with Crippen LogP contribution in [0.5, 0.6) is 0 Å². The minimum absolute atomic E-state index is 0.0596. The fraction of sp³-hybridized carbons (Fsp3) is 0.778. The molecular formula is C9H16N2O4. The quantitative estimate of drug-likeness (QED) is 0.690. The summed E-state index contributed by atoms with van der Waals surface area (Å²) < 4.78 is 5.24. The summed E-state index contributed by atoms with van der Waals surface area (Å²) in [6.07, 6.45) is -0.450. The van der Waals surface area contributed by atoms with Crippen LogP contribution in [0, 0.1) is 0 Å². The second-order valence-electron chi connectivity index (χ2n) is 3.37. The highest BCUT2D eigenvalue weighted by Gasteiger charge is 2.25. The van der Waals surface area contributed by atoms with Crippen LogP contribution in [0.15, 0.2) is 0 Å². The SMILES string of the molecule is CCNC(=O)N1CCOC(CC(=O)O)C1. The highest BCUT2D eigenvalue weighted by atomic mass is 16.5. The number of ether oxygens (including phenoxy) is 1. The summed E-state index contributed by atoms with van der Waals surface area (Å²) in [4.78, 5) is 23.5. The van der Waals surface area contributed by atoms with Crippen molar-refractivity contribution in [3.63, 3.8) is 0 Å². The topological polar surface area (TPSA) is 78.9 Å². The van der Waals surface area contributed by atoms with E-state index in [1.807, 2.05) is 6.92 Å². The summed E-state index contributed by atoms with van der Waals surface area (Å²) in [6.45, 7) is 3.67. The fourth-order valence-electron chi connectivity index (χ4n) is 1.49. The molecule has 0 aromatic heterocycles. The zero-order chi connectivity index (χ0) is 11.3. The minimum Gasteiger partial charge on any atom is -0.481 e. The Morgan fingerprint density at radius 3 is 2.93 bits per heavy atom. The highest BCUT2D eigenvalue weighted by Crippen LogP contribution is 2.08. The molecule has 0 spiro atoms. The van der Waals surface area contributed by atoms with Gasteiger partial charge >= 0.3 is 12.0 Å². The first-order valence-electron chi connectivity index (χ1n) is 4.99. The lowest BCUT2D eigenvalue weighted by Crippen LogP contribution is -2.50. The standard InChI is InChI=1S/C9H16N2O4/c1-2-10-9(14)11-3-4-15-7(6-11)5-8(12)13/h7H,2-6H2,1H3,(H,10,14)(H,12,13). The number of amides is 2. The minimum atomic E-state index is -0.905. The molecule has 1 rings (SSSR count). The molecular weight excluding hydrogens is 200 g/mol. The number of nitrogens with one attached hydrogen (secondary N) is 1. The summed E-state index contributed by atoms with van der Waals surface area (Å²) in [6, 6.07) is -0.156. The number of hydrogen-bond donors (Lipinski definition) is 2. The average Bonchev–Trinajstić information content (AvgIpc) is 2.17. The van der Waals surface area contributed by atoms with Crippen molar-refractivity contribution in [1.29, 1.82) is 0 Å². The third kappa shape index (κ3) is 3.75. The van der Waals surface area contributed by atoms with E-state index < -0.39 is 5.97 Å². The van der Waals surface area contributed by atoms with Crippen molar-refractivity contribution in [3.05, 3.63) is 0 Å². The Morgan fingerprint density at radius 2 is 2.33 bits per heavy atom. The van der Waals surface area contributed by atoms with Crippen LogP contribution in [0.2, 0.25) is 0 Å². The molecule has 0 aromatic rings. The molecule has 6 nitrogen and oxygen atoms in total. The van der Waals surface area contributed by atoms with Gasteiger partial charge in [0.25, 0.3) is 0 Å². The molecule has 1 aliphatic rings. The van der Waals surface area contributed by atoms with Crippen LogP contribution in [-0.4, -0.2) is 54.4 Å². The maximum absolute atomic E-state index is 11.4. The predicted octanol–water partition coefficient (Wildman–Crippen LogP) is -0.109. The van der Waals surface area contributed by atoms with E-state index in [0.717, 1.165) is 0 Å². The summed E-state index contributed by atoms with van der Waals surface area (Å²) in [5.74, 6) is -0.905. The highest BCUT2D eigenvalue weighted by molar-refractivity contribution is 5.74. The largest absolute Gasteiger partial charge is 0.481 e. The van der Waals surface area contributed by atoms with E-state index >= 15 is 0 Å². The first-order chi connectivity index (χ1) is 7.13. The third-order valence-corrected chi connectivity index (χ3v) is 2.16. The lowest BCUT2D eigenvalue weighted by molar-refractivity contribution is -0.141. The average molecular weight is 216 g/mol. The van der Waals surface area contributed by atoms with Gasteiger partial charge in [0.15, 0.2) is 0 Å². The number of carbonyl (C=O) groups is 2. The molecule has 1 fully saturated rings. The van der Waals surface area contributed by atoms with Crippen molar-refractivity contribution in [3.8, 4) is 0 Å². The molecule has 86 valence electrons. The Morgan fingerprint density at radius 1 is 1.60 bits per heavy atom. The maximum atomic E-state index is 11.4. The number of hydrogen-bond acceptors (Lipinski definition) is 3. The van der Waals surface area contributed by atoms with E-state index in [0.29, 0.717) is 26.2 Å². The number of carboxylic acids is 1. The van der Waals surface area contributed by atoms with Crippen molar-refractivity contribution >= 4 is 12.0 Å². The molecule has 0 bridgehead atoms. The van der Waals surface area contributed by atoms with Crippen LogP contribution in [0.4, 0.5) is 4.79 Å². The van der Waals surface area contributed by atoms with Gasteiger partial charge in [0.1, 0.15) is 0 Å². The smallest absolute Gasteiger partial charge is 0.317 e. The Labute approximate surface area is 88.2 Å². The molecule has 1 heterocycles. The van der Waals surface area contributed by atoms with Gasteiger partial charge in [0.05, 0.1) is 19.1 Å². The molecule has 0 aliphatic carbocycles. The van der Waals surface area contributed by atoms with Crippen molar-refractivity contribution in [2.24, 2.45) is 0 Å². The number of aliphatic carboxylic acids is 1. The number of carboxylic acid groups (broad SMARTS) is 1. The summed E-state index contributed by atoms with van der Waals surface area (Å²) in [5.41, 5.74) is 0. The Hall–Kier alpha value is -1.30. The van der Waals surface area contributed by atoms with Gasteiger partial charge in [0, 0.05) is 19.6 Å². The van der Waals surface area contributed by atoms with Crippen molar-refractivity contribution in [2.45, 2.75) is 19.4 Å². The van der Waals surface area contributed by atoms with Crippen molar-refractivity contribution in [2.75, 3.05) is 26.2 Å². The van der Waals surface area contributed by atoms with Gasteiger partial charge in [-0.3, -0.25) is 4.79 Å². The third-order valence-electron chi connectivity index (χ3n) is 2.16. The van der Waals surface area contributed by atoms with Crippen LogP contribution in [-0.2, 0) is 9.53 Å². The normalized spacial score (nSPS) is 21.1. The van der Waals surface area contributed by atoms with Crippen LogP contribution in [0.25, 0.3) is 0 Å². The Kier molecular flexibility index (Phi) is 4.36. The van der Waals surface area contributed by atoms with Crippen molar-refractivity contribution in [1.82, 2.24) is 10.2 Å². The maximum Gasteiger partial charge on any atom is 0.317 e. The first-order valence-corrected chi connectivity index (χ1v) is 4.99. The van der Waals surface area contributed by atoms with Gasteiger partial charge in [-0.2, -0.15) is 0 Å². The molecule has 0 radical (unpaired) electrons. The van der Waals surface area contributed by atoms with Gasteiger partial charge in [-0.1, -0.05) is 0 Å². The van der Waals surface area contributed by atoms with Gasteiger partial charge in [-0.05, 0) is 6.92 Å². The number of urea groups is 1. The molecule has 2 amide bonds. The first kappa shape index (κ1) is 11.8. The zero-order valence-electron chi connectivity index (χ0n) is 8.73. The zero-order valence-corrected chi connectivity index (χ0v) is 8.73. The van der Waals surface area contributed by atoms with Gasteiger partial charge in [-0.15, -0.1) is 0 Å². The fourth-order valence-corrected chi connectivity index (χ4v) is 1.49. The van der Waals surface area contributed by atoms with E-state index in [9.17, 15) is 9.59 Å². The number of nitrogens with zero attached hydrogens (tertiary/aromatic N) is 1. The van der Waals surface area contributed by atoms with Gasteiger partial charge < -0.3 is 20.1 Å². The molecule has 2 N–H and O–H groups in total. The lowest BCUT2D eigenvalue weighted by atomic mass is 10.2. The molecule has 0 saturated carbocycles. The monoisotopic (exact) mass is 216 g/mol. The second kappa shape index (κ2) is 5.55. The molecule has 1 unspecified atom stereocenters. The molecule has 1 atom stereocenters. The number of carbonyl (C=O) groups excluding carboxylic acids is 1. The van der Waals surface area contributed by atoms with E-state index in [-0.39, 0.29) is 18.6 Å².